The lowest BCUT2D eigenvalue weighted by molar-refractivity contribution is -0.142. The van der Waals surface area contributed by atoms with Gasteiger partial charge in [0.05, 0.1) is 12.3 Å². The number of H-pyrrole nitrogens is 1. The van der Waals surface area contributed by atoms with Gasteiger partial charge in [-0.25, -0.2) is 4.98 Å². The number of halogens is 1. The van der Waals surface area contributed by atoms with Crippen LogP contribution >= 0.6 is 23.4 Å². The van der Waals surface area contributed by atoms with Crippen LogP contribution in [0.2, 0.25) is 5.02 Å². The Labute approximate surface area is 175 Å². The maximum absolute atomic E-state index is 13.4. The molecular weight excluding hydrogens is 410 g/mol. The molecule has 8 heteroatoms. The number of hydrogen-bond acceptors (Lipinski definition) is 5. The van der Waals surface area contributed by atoms with Gasteiger partial charge in [-0.1, -0.05) is 47.6 Å². The molecule has 4 aromatic rings. The molecular formula is C21H18ClN3O3S. The molecule has 0 bridgehead atoms. The van der Waals surface area contributed by atoms with E-state index in [2.05, 4.69) is 4.98 Å². The zero-order valence-electron chi connectivity index (χ0n) is 15.8. The highest BCUT2D eigenvalue weighted by Crippen LogP contribution is 2.29. The Hall–Kier alpha value is -2.77. The second-order valence-electron chi connectivity index (χ2n) is 6.42. The Morgan fingerprint density at radius 1 is 1.28 bits per heavy atom. The summed E-state index contributed by atoms with van der Waals surface area (Å²) in [5.74, 6) is -0.358. The van der Waals surface area contributed by atoms with Gasteiger partial charge in [0.1, 0.15) is 16.3 Å². The van der Waals surface area contributed by atoms with Gasteiger partial charge in [-0.2, -0.15) is 0 Å². The SMILES string of the molecule is CCOC(=O)[C@@H](C)Sc1nc2c([nH]c3ccccc32)c(=O)n1-c1cccc(Cl)c1. The van der Waals surface area contributed by atoms with Crippen molar-refractivity contribution in [2.75, 3.05) is 6.61 Å². The van der Waals surface area contributed by atoms with E-state index in [4.69, 9.17) is 21.3 Å². The van der Waals surface area contributed by atoms with Gasteiger partial charge in [0.2, 0.25) is 0 Å². The molecule has 6 nitrogen and oxygen atoms in total. The lowest BCUT2D eigenvalue weighted by Gasteiger charge is -2.15. The number of esters is 1. The Bertz CT molecular complexity index is 1280. The molecule has 29 heavy (non-hydrogen) atoms. The number of carbonyl (C=O) groups excluding carboxylic acids is 1. The van der Waals surface area contributed by atoms with Crippen molar-refractivity contribution in [3.63, 3.8) is 0 Å². The van der Waals surface area contributed by atoms with Crippen LogP contribution in [-0.4, -0.2) is 32.4 Å². The number of fused-ring (bicyclic) bond motifs is 3. The molecule has 0 aliphatic heterocycles. The van der Waals surface area contributed by atoms with Crippen molar-refractivity contribution in [2.24, 2.45) is 0 Å². The Morgan fingerprint density at radius 2 is 2.07 bits per heavy atom. The van der Waals surface area contributed by atoms with Crippen LogP contribution < -0.4 is 5.56 Å². The average molecular weight is 428 g/mol. The number of benzene rings is 2. The van der Waals surface area contributed by atoms with E-state index in [1.807, 2.05) is 24.3 Å². The van der Waals surface area contributed by atoms with Crippen LogP contribution in [0.25, 0.3) is 27.6 Å². The van der Waals surface area contributed by atoms with E-state index in [0.29, 0.717) is 33.5 Å². The largest absolute Gasteiger partial charge is 0.465 e. The van der Waals surface area contributed by atoms with Gasteiger partial charge < -0.3 is 9.72 Å². The summed E-state index contributed by atoms with van der Waals surface area (Å²) in [6, 6.07) is 14.6. The molecule has 4 rings (SSSR count). The van der Waals surface area contributed by atoms with Crippen LogP contribution in [0, 0.1) is 0 Å². The zero-order chi connectivity index (χ0) is 20.5. The third-order valence-corrected chi connectivity index (χ3v) is 5.73. The summed E-state index contributed by atoms with van der Waals surface area (Å²) < 4.78 is 6.59. The number of nitrogens with zero attached hydrogens (tertiary/aromatic N) is 2. The summed E-state index contributed by atoms with van der Waals surface area (Å²) in [6.45, 7) is 3.78. The molecule has 0 aliphatic carbocycles. The number of aromatic nitrogens is 3. The highest BCUT2D eigenvalue weighted by atomic mass is 35.5. The predicted octanol–water partition coefficient (Wildman–Crippen LogP) is 4.56. The summed E-state index contributed by atoms with van der Waals surface area (Å²) in [7, 11) is 0. The minimum absolute atomic E-state index is 0.257. The molecule has 0 fully saturated rings. The van der Waals surface area contributed by atoms with E-state index in [-0.39, 0.29) is 11.5 Å². The molecule has 2 aromatic carbocycles. The van der Waals surface area contributed by atoms with Crippen LogP contribution in [0.3, 0.4) is 0 Å². The molecule has 0 aliphatic rings. The van der Waals surface area contributed by atoms with E-state index in [9.17, 15) is 9.59 Å². The maximum Gasteiger partial charge on any atom is 0.319 e. The summed E-state index contributed by atoms with van der Waals surface area (Å²) in [6.07, 6.45) is 0. The van der Waals surface area contributed by atoms with Crippen molar-refractivity contribution in [1.82, 2.24) is 14.5 Å². The molecule has 2 aromatic heterocycles. The van der Waals surface area contributed by atoms with E-state index >= 15 is 0 Å². The summed E-state index contributed by atoms with van der Waals surface area (Å²) in [5, 5.41) is 1.22. The normalized spacial score (nSPS) is 12.4. The van der Waals surface area contributed by atoms with Crippen molar-refractivity contribution in [3.05, 3.63) is 63.9 Å². The summed E-state index contributed by atoms with van der Waals surface area (Å²) in [4.78, 5) is 33.5. The van der Waals surface area contributed by atoms with Crippen LogP contribution in [-0.2, 0) is 9.53 Å². The molecule has 0 radical (unpaired) electrons. The van der Waals surface area contributed by atoms with Crippen LogP contribution in [0.15, 0.2) is 58.5 Å². The van der Waals surface area contributed by atoms with E-state index < -0.39 is 5.25 Å². The van der Waals surface area contributed by atoms with Gasteiger partial charge in [0.25, 0.3) is 5.56 Å². The number of nitrogens with one attached hydrogen (secondary N) is 1. The Kier molecular flexibility index (Phi) is 5.34. The van der Waals surface area contributed by atoms with Crippen molar-refractivity contribution in [1.29, 1.82) is 0 Å². The van der Waals surface area contributed by atoms with Crippen molar-refractivity contribution < 1.29 is 9.53 Å². The smallest absolute Gasteiger partial charge is 0.319 e. The molecule has 148 valence electrons. The number of para-hydroxylation sites is 1. The number of ether oxygens (including phenoxy) is 1. The number of thioether (sulfide) groups is 1. The second-order valence-corrected chi connectivity index (χ2v) is 8.17. The predicted molar refractivity (Wildman–Crippen MR) is 116 cm³/mol. The third kappa shape index (κ3) is 3.63. The van der Waals surface area contributed by atoms with E-state index in [0.717, 1.165) is 10.9 Å². The molecule has 0 amide bonds. The quantitative estimate of drug-likeness (QED) is 0.287. The van der Waals surface area contributed by atoms with Crippen LogP contribution in [0.4, 0.5) is 0 Å². The first-order valence-electron chi connectivity index (χ1n) is 9.12. The molecule has 0 saturated heterocycles. The van der Waals surface area contributed by atoms with Gasteiger partial charge in [0, 0.05) is 15.9 Å². The van der Waals surface area contributed by atoms with Crippen molar-refractivity contribution >= 4 is 51.3 Å². The Morgan fingerprint density at radius 3 is 2.83 bits per heavy atom. The number of aromatic amines is 1. The topological polar surface area (TPSA) is 77.0 Å². The van der Waals surface area contributed by atoms with Crippen LogP contribution in [0.5, 0.6) is 0 Å². The highest BCUT2D eigenvalue weighted by Gasteiger charge is 2.22. The first kappa shape index (κ1) is 19.5. The summed E-state index contributed by atoms with van der Waals surface area (Å²) >= 11 is 7.34. The number of carbonyl (C=O) groups is 1. The van der Waals surface area contributed by atoms with Gasteiger partial charge in [-0.05, 0) is 38.1 Å². The minimum atomic E-state index is -0.532. The van der Waals surface area contributed by atoms with Gasteiger partial charge >= 0.3 is 5.97 Å². The molecule has 0 spiro atoms. The maximum atomic E-state index is 13.4. The van der Waals surface area contributed by atoms with E-state index in [1.54, 1.807) is 38.1 Å². The lowest BCUT2D eigenvalue weighted by Crippen LogP contribution is -2.24. The van der Waals surface area contributed by atoms with Crippen molar-refractivity contribution in [2.45, 2.75) is 24.3 Å². The zero-order valence-corrected chi connectivity index (χ0v) is 17.4. The van der Waals surface area contributed by atoms with Crippen LogP contribution in [0.1, 0.15) is 13.8 Å². The van der Waals surface area contributed by atoms with Crippen molar-refractivity contribution in [3.8, 4) is 5.69 Å². The lowest BCUT2D eigenvalue weighted by atomic mass is 10.2. The average Bonchev–Trinajstić information content (AvgIpc) is 3.07. The Balaban J connectivity index is 1.97. The van der Waals surface area contributed by atoms with Gasteiger partial charge in [0.15, 0.2) is 5.16 Å². The molecule has 2 heterocycles. The third-order valence-electron chi connectivity index (χ3n) is 4.46. The standard InChI is InChI=1S/C21H18ClN3O3S/c1-3-28-20(27)12(2)29-21-24-17-15-9-4-5-10-16(15)23-18(17)19(26)25(21)14-8-6-7-13(22)11-14/h4-12,23H,3H2,1-2H3/t12-/m1/s1. The van der Waals surface area contributed by atoms with Gasteiger partial charge in [-0.3, -0.25) is 14.2 Å². The monoisotopic (exact) mass is 427 g/mol. The fourth-order valence-electron chi connectivity index (χ4n) is 3.13. The first-order chi connectivity index (χ1) is 14.0. The molecule has 1 N–H and O–H groups in total. The van der Waals surface area contributed by atoms with E-state index in [1.165, 1.54) is 16.3 Å². The number of hydrogen-bond donors (Lipinski definition) is 1. The summed E-state index contributed by atoms with van der Waals surface area (Å²) in [5.41, 5.74) is 2.12. The molecule has 0 saturated carbocycles. The minimum Gasteiger partial charge on any atom is -0.465 e. The number of rotatable bonds is 5. The second kappa shape index (κ2) is 7.93. The first-order valence-corrected chi connectivity index (χ1v) is 10.4. The highest BCUT2D eigenvalue weighted by molar-refractivity contribution is 8.00. The molecule has 1 atom stereocenters. The fourth-order valence-corrected chi connectivity index (χ4v) is 4.23. The van der Waals surface area contributed by atoms with Gasteiger partial charge in [-0.15, -0.1) is 0 Å². The molecule has 0 unspecified atom stereocenters. The fraction of sp³-hybridized carbons (Fsp3) is 0.190.